The first-order chi connectivity index (χ1) is 11.8. The van der Waals surface area contributed by atoms with Crippen LogP contribution >= 0.6 is 0 Å². The van der Waals surface area contributed by atoms with E-state index in [0.717, 1.165) is 31.5 Å². The van der Waals surface area contributed by atoms with Crippen LogP contribution in [0.5, 0.6) is 0 Å². The molecule has 0 spiro atoms. The monoisotopic (exact) mass is 322 g/mol. The number of nitrogens with zero attached hydrogens (tertiary/aromatic N) is 4. The molecule has 5 heteroatoms. The zero-order chi connectivity index (χ0) is 16.4. The number of carbonyl (C=O) groups excluding carboxylic acids is 1. The molecule has 4 heterocycles. The summed E-state index contributed by atoms with van der Waals surface area (Å²) in [6.45, 7) is 2.67. The van der Waals surface area contributed by atoms with Crippen LogP contribution in [0.2, 0.25) is 0 Å². The van der Waals surface area contributed by atoms with E-state index in [2.05, 4.69) is 25.8 Å². The van der Waals surface area contributed by atoms with Crippen molar-refractivity contribution in [3.8, 4) is 0 Å². The van der Waals surface area contributed by atoms with Crippen molar-refractivity contribution in [3.05, 3.63) is 60.2 Å². The Morgan fingerprint density at radius 3 is 2.62 bits per heavy atom. The summed E-state index contributed by atoms with van der Waals surface area (Å²) >= 11 is 0. The van der Waals surface area contributed by atoms with E-state index in [1.807, 2.05) is 30.6 Å². The van der Waals surface area contributed by atoms with Gasteiger partial charge in [0, 0.05) is 62.9 Å². The number of aromatic nitrogens is 2. The average molecular weight is 322 g/mol. The van der Waals surface area contributed by atoms with Crippen LogP contribution < -0.4 is 0 Å². The number of hydrogen-bond donors (Lipinski definition) is 0. The fourth-order valence-electron chi connectivity index (χ4n) is 4.05. The molecule has 0 saturated carbocycles. The molecule has 2 atom stereocenters. The van der Waals surface area contributed by atoms with Crippen molar-refractivity contribution >= 4 is 5.91 Å². The third-order valence-corrected chi connectivity index (χ3v) is 5.21. The predicted molar refractivity (Wildman–Crippen MR) is 90.9 cm³/mol. The molecule has 0 bridgehead atoms. The first kappa shape index (κ1) is 15.3. The maximum atomic E-state index is 12.5. The van der Waals surface area contributed by atoms with Crippen molar-refractivity contribution in [2.24, 2.45) is 0 Å². The van der Waals surface area contributed by atoms with Crippen LogP contribution in [-0.4, -0.2) is 44.3 Å². The Morgan fingerprint density at radius 2 is 1.83 bits per heavy atom. The minimum atomic E-state index is 0.288. The number of carbonyl (C=O) groups is 1. The molecular formula is C19H22N4O. The Labute approximate surface area is 142 Å². The van der Waals surface area contributed by atoms with Gasteiger partial charge < -0.3 is 4.90 Å². The number of hydrogen-bond acceptors (Lipinski definition) is 4. The fourth-order valence-corrected chi connectivity index (χ4v) is 4.05. The van der Waals surface area contributed by atoms with Crippen LogP contribution in [0.25, 0.3) is 0 Å². The minimum absolute atomic E-state index is 0.288. The van der Waals surface area contributed by atoms with Crippen molar-refractivity contribution < 1.29 is 4.79 Å². The van der Waals surface area contributed by atoms with E-state index in [-0.39, 0.29) is 5.91 Å². The number of piperidine rings is 1. The van der Waals surface area contributed by atoms with Crippen LogP contribution in [0.3, 0.4) is 0 Å². The van der Waals surface area contributed by atoms with Gasteiger partial charge in [0.05, 0.1) is 0 Å². The highest BCUT2D eigenvalue weighted by Gasteiger charge is 2.42. The highest BCUT2D eigenvalue weighted by Crippen LogP contribution is 2.33. The standard InChI is InChI=1S/C19H22N4O/c24-19-4-3-17-18(23(19)14-15-5-9-20-10-6-15)7-11-22(17)13-16-2-1-8-21-12-16/h1-2,5-6,8-10,12,17-18H,3-4,7,11,13-14H2/t17-,18-/m1/s1. The highest BCUT2D eigenvalue weighted by molar-refractivity contribution is 5.77. The van der Waals surface area contributed by atoms with Gasteiger partial charge in [0.25, 0.3) is 0 Å². The van der Waals surface area contributed by atoms with Gasteiger partial charge in [-0.25, -0.2) is 0 Å². The lowest BCUT2D eigenvalue weighted by Gasteiger charge is -2.40. The molecule has 2 aliphatic rings. The Balaban J connectivity index is 1.49. The van der Waals surface area contributed by atoms with Crippen molar-refractivity contribution in [1.82, 2.24) is 19.8 Å². The minimum Gasteiger partial charge on any atom is -0.334 e. The van der Waals surface area contributed by atoms with Crippen molar-refractivity contribution in [2.45, 2.75) is 44.4 Å². The summed E-state index contributed by atoms with van der Waals surface area (Å²) in [6.07, 6.45) is 10.0. The molecule has 2 fully saturated rings. The van der Waals surface area contributed by atoms with Gasteiger partial charge in [-0.3, -0.25) is 19.7 Å². The zero-order valence-corrected chi connectivity index (χ0v) is 13.7. The molecule has 0 aromatic carbocycles. The number of pyridine rings is 2. The first-order valence-corrected chi connectivity index (χ1v) is 8.62. The summed E-state index contributed by atoms with van der Waals surface area (Å²) in [5.74, 6) is 0.288. The SMILES string of the molecule is O=C1CC[C@@H]2[C@@H](CCN2Cc2cccnc2)N1Cc1ccncc1. The summed E-state index contributed by atoms with van der Waals surface area (Å²) in [7, 11) is 0. The third kappa shape index (κ3) is 3.04. The molecule has 2 saturated heterocycles. The topological polar surface area (TPSA) is 49.3 Å². The third-order valence-electron chi connectivity index (χ3n) is 5.21. The lowest BCUT2D eigenvalue weighted by molar-refractivity contribution is -0.138. The lowest BCUT2D eigenvalue weighted by Crippen LogP contribution is -2.51. The van der Waals surface area contributed by atoms with Crippen LogP contribution in [0.4, 0.5) is 0 Å². The van der Waals surface area contributed by atoms with Gasteiger partial charge in [-0.2, -0.15) is 0 Å². The van der Waals surface area contributed by atoms with Crippen LogP contribution in [-0.2, 0) is 17.9 Å². The molecule has 0 radical (unpaired) electrons. The Bertz CT molecular complexity index is 691. The van der Waals surface area contributed by atoms with E-state index in [1.54, 1.807) is 12.4 Å². The summed E-state index contributed by atoms with van der Waals surface area (Å²) in [5, 5.41) is 0. The maximum Gasteiger partial charge on any atom is 0.223 e. The molecule has 0 N–H and O–H groups in total. The maximum absolute atomic E-state index is 12.5. The predicted octanol–water partition coefficient (Wildman–Crippen LogP) is 2.24. The smallest absolute Gasteiger partial charge is 0.223 e. The molecule has 0 unspecified atom stereocenters. The number of likely N-dealkylation sites (tertiary alicyclic amines) is 2. The highest BCUT2D eigenvalue weighted by atomic mass is 16.2. The normalized spacial score (nSPS) is 24.2. The van der Waals surface area contributed by atoms with Gasteiger partial charge in [-0.1, -0.05) is 6.07 Å². The van der Waals surface area contributed by atoms with Gasteiger partial charge in [-0.05, 0) is 42.2 Å². The van der Waals surface area contributed by atoms with Crippen molar-refractivity contribution in [3.63, 3.8) is 0 Å². The van der Waals surface area contributed by atoms with E-state index in [9.17, 15) is 4.79 Å². The Morgan fingerprint density at radius 1 is 0.958 bits per heavy atom. The average Bonchev–Trinajstić information content (AvgIpc) is 3.02. The van der Waals surface area contributed by atoms with Crippen molar-refractivity contribution in [2.75, 3.05) is 6.54 Å². The van der Waals surface area contributed by atoms with E-state index in [1.165, 1.54) is 5.56 Å². The quantitative estimate of drug-likeness (QED) is 0.866. The van der Waals surface area contributed by atoms with Gasteiger partial charge >= 0.3 is 0 Å². The number of rotatable bonds is 4. The second-order valence-corrected chi connectivity index (χ2v) is 6.67. The zero-order valence-electron chi connectivity index (χ0n) is 13.7. The Hall–Kier alpha value is -2.27. The van der Waals surface area contributed by atoms with Gasteiger partial charge in [-0.15, -0.1) is 0 Å². The molecule has 4 rings (SSSR count). The molecule has 0 aliphatic carbocycles. The number of amides is 1. The summed E-state index contributed by atoms with van der Waals surface area (Å²) in [4.78, 5) is 25.4. The van der Waals surface area contributed by atoms with Crippen LogP contribution in [0.1, 0.15) is 30.4 Å². The van der Waals surface area contributed by atoms with Crippen LogP contribution in [0, 0.1) is 0 Å². The largest absolute Gasteiger partial charge is 0.334 e. The number of fused-ring (bicyclic) bond motifs is 1. The second kappa shape index (κ2) is 6.69. The molecule has 2 aliphatic heterocycles. The molecule has 124 valence electrons. The summed E-state index contributed by atoms with van der Waals surface area (Å²) < 4.78 is 0. The van der Waals surface area contributed by atoms with Gasteiger partial charge in [0.15, 0.2) is 0 Å². The van der Waals surface area contributed by atoms with E-state index in [0.29, 0.717) is 25.0 Å². The molecule has 2 aromatic heterocycles. The molecule has 1 amide bonds. The Kier molecular flexibility index (Phi) is 4.26. The van der Waals surface area contributed by atoms with Crippen LogP contribution in [0.15, 0.2) is 49.1 Å². The first-order valence-electron chi connectivity index (χ1n) is 8.62. The lowest BCUT2D eigenvalue weighted by atomic mass is 9.95. The molecular weight excluding hydrogens is 300 g/mol. The molecule has 5 nitrogen and oxygen atoms in total. The van der Waals surface area contributed by atoms with E-state index >= 15 is 0 Å². The fraction of sp³-hybridized carbons (Fsp3) is 0.421. The summed E-state index contributed by atoms with van der Waals surface area (Å²) in [6, 6.07) is 8.91. The molecule has 24 heavy (non-hydrogen) atoms. The van der Waals surface area contributed by atoms with Gasteiger partial charge in [0.1, 0.15) is 0 Å². The van der Waals surface area contributed by atoms with E-state index in [4.69, 9.17) is 0 Å². The molecule has 2 aromatic rings. The van der Waals surface area contributed by atoms with E-state index < -0.39 is 0 Å². The summed E-state index contributed by atoms with van der Waals surface area (Å²) in [5.41, 5.74) is 2.40. The van der Waals surface area contributed by atoms with Gasteiger partial charge in [0.2, 0.25) is 5.91 Å². The van der Waals surface area contributed by atoms with Crippen molar-refractivity contribution in [1.29, 1.82) is 0 Å². The second-order valence-electron chi connectivity index (χ2n) is 6.67.